The SMILES string of the molecule is CCN(CC)C(=Nc1ccccc1)NN. The molecule has 0 spiro atoms. The number of para-hydroxylation sites is 1. The normalized spacial score (nSPS) is 11.3. The zero-order valence-corrected chi connectivity index (χ0v) is 9.27. The minimum atomic E-state index is 0.700. The van der Waals surface area contributed by atoms with Gasteiger partial charge in [-0.1, -0.05) is 18.2 Å². The average Bonchev–Trinajstić information content (AvgIpc) is 2.30. The van der Waals surface area contributed by atoms with Crippen LogP contribution in [0.2, 0.25) is 0 Å². The van der Waals surface area contributed by atoms with Crippen LogP contribution in [0.1, 0.15) is 13.8 Å². The molecular weight excluding hydrogens is 188 g/mol. The van der Waals surface area contributed by atoms with Crippen molar-refractivity contribution in [3.8, 4) is 0 Å². The maximum Gasteiger partial charge on any atom is 0.213 e. The van der Waals surface area contributed by atoms with Crippen LogP contribution >= 0.6 is 0 Å². The third kappa shape index (κ3) is 3.25. The Morgan fingerprint density at radius 1 is 1.27 bits per heavy atom. The molecule has 0 aliphatic carbocycles. The fourth-order valence-electron chi connectivity index (χ4n) is 1.34. The fourth-order valence-corrected chi connectivity index (χ4v) is 1.34. The van der Waals surface area contributed by atoms with Crippen molar-refractivity contribution in [3.05, 3.63) is 30.3 Å². The smallest absolute Gasteiger partial charge is 0.213 e. The second kappa shape index (κ2) is 6.03. The minimum absolute atomic E-state index is 0.700. The van der Waals surface area contributed by atoms with Crippen molar-refractivity contribution in [1.29, 1.82) is 0 Å². The molecule has 4 nitrogen and oxygen atoms in total. The van der Waals surface area contributed by atoms with Gasteiger partial charge in [-0.3, -0.25) is 5.43 Å². The lowest BCUT2D eigenvalue weighted by Crippen LogP contribution is -2.44. The average molecular weight is 206 g/mol. The number of nitrogens with one attached hydrogen (secondary N) is 1. The third-order valence-electron chi connectivity index (χ3n) is 2.18. The lowest BCUT2D eigenvalue weighted by molar-refractivity contribution is 0.448. The van der Waals surface area contributed by atoms with Crippen molar-refractivity contribution in [2.45, 2.75) is 13.8 Å². The van der Waals surface area contributed by atoms with Gasteiger partial charge in [0, 0.05) is 13.1 Å². The predicted molar refractivity (Wildman–Crippen MR) is 63.8 cm³/mol. The van der Waals surface area contributed by atoms with Gasteiger partial charge in [-0.2, -0.15) is 0 Å². The van der Waals surface area contributed by atoms with Crippen LogP contribution in [0.25, 0.3) is 0 Å². The number of aliphatic imine (C=N–C) groups is 1. The summed E-state index contributed by atoms with van der Waals surface area (Å²) >= 11 is 0. The molecule has 0 radical (unpaired) electrons. The summed E-state index contributed by atoms with van der Waals surface area (Å²) in [6.07, 6.45) is 0. The van der Waals surface area contributed by atoms with Gasteiger partial charge in [0.1, 0.15) is 0 Å². The summed E-state index contributed by atoms with van der Waals surface area (Å²) in [4.78, 5) is 6.49. The van der Waals surface area contributed by atoms with E-state index in [1.165, 1.54) is 0 Å². The van der Waals surface area contributed by atoms with E-state index in [1.807, 2.05) is 30.3 Å². The molecule has 1 aromatic carbocycles. The van der Waals surface area contributed by atoms with Crippen molar-refractivity contribution >= 4 is 11.6 Å². The highest BCUT2D eigenvalue weighted by molar-refractivity contribution is 5.82. The van der Waals surface area contributed by atoms with Crippen LogP contribution < -0.4 is 11.3 Å². The molecule has 0 aliphatic rings. The van der Waals surface area contributed by atoms with Gasteiger partial charge in [-0.25, -0.2) is 10.8 Å². The van der Waals surface area contributed by atoms with Crippen molar-refractivity contribution < 1.29 is 0 Å². The molecule has 0 bridgehead atoms. The summed E-state index contributed by atoms with van der Waals surface area (Å²) in [6, 6.07) is 9.76. The highest BCUT2D eigenvalue weighted by Crippen LogP contribution is 2.10. The molecule has 0 saturated carbocycles. The van der Waals surface area contributed by atoms with Gasteiger partial charge in [0.05, 0.1) is 5.69 Å². The molecule has 3 N–H and O–H groups in total. The number of hydrogen-bond acceptors (Lipinski definition) is 2. The fraction of sp³-hybridized carbons (Fsp3) is 0.364. The Kier molecular flexibility index (Phi) is 4.63. The summed E-state index contributed by atoms with van der Waals surface area (Å²) in [7, 11) is 0. The molecule has 82 valence electrons. The number of benzene rings is 1. The highest BCUT2D eigenvalue weighted by atomic mass is 15.4. The number of nitrogens with two attached hydrogens (primary N) is 1. The monoisotopic (exact) mass is 206 g/mol. The van der Waals surface area contributed by atoms with Crippen LogP contribution in [-0.4, -0.2) is 23.9 Å². The molecule has 0 heterocycles. The van der Waals surface area contributed by atoms with Crippen LogP contribution in [0.3, 0.4) is 0 Å². The number of hydrogen-bond donors (Lipinski definition) is 2. The van der Waals surface area contributed by atoms with E-state index in [1.54, 1.807) is 0 Å². The van der Waals surface area contributed by atoms with E-state index in [9.17, 15) is 0 Å². The molecule has 0 saturated heterocycles. The summed E-state index contributed by atoms with van der Waals surface area (Å²) in [5.41, 5.74) is 3.53. The Morgan fingerprint density at radius 2 is 1.87 bits per heavy atom. The Balaban J connectivity index is 2.86. The molecule has 0 atom stereocenters. The summed E-state index contributed by atoms with van der Waals surface area (Å²) < 4.78 is 0. The quantitative estimate of drug-likeness (QED) is 0.341. The largest absolute Gasteiger partial charge is 0.342 e. The van der Waals surface area contributed by atoms with E-state index < -0.39 is 0 Å². The molecule has 1 aromatic rings. The van der Waals surface area contributed by atoms with E-state index in [-0.39, 0.29) is 0 Å². The van der Waals surface area contributed by atoms with Gasteiger partial charge in [0.15, 0.2) is 0 Å². The maximum atomic E-state index is 5.45. The van der Waals surface area contributed by atoms with E-state index in [2.05, 4.69) is 29.2 Å². The van der Waals surface area contributed by atoms with Crippen molar-refractivity contribution in [2.24, 2.45) is 10.8 Å². The molecule has 0 aromatic heterocycles. The summed E-state index contributed by atoms with van der Waals surface area (Å²) in [6.45, 7) is 5.90. The number of guanidine groups is 1. The number of nitrogens with zero attached hydrogens (tertiary/aromatic N) is 2. The van der Waals surface area contributed by atoms with E-state index in [4.69, 9.17) is 5.84 Å². The zero-order valence-electron chi connectivity index (χ0n) is 9.27. The van der Waals surface area contributed by atoms with Crippen LogP contribution in [0, 0.1) is 0 Å². The molecule has 0 fully saturated rings. The first kappa shape index (κ1) is 11.5. The van der Waals surface area contributed by atoms with Gasteiger partial charge < -0.3 is 4.90 Å². The summed E-state index contributed by atoms with van der Waals surface area (Å²) in [5, 5.41) is 0. The van der Waals surface area contributed by atoms with Gasteiger partial charge in [-0.15, -0.1) is 0 Å². The van der Waals surface area contributed by atoms with E-state index >= 15 is 0 Å². The Labute approximate surface area is 90.8 Å². The van der Waals surface area contributed by atoms with Crippen LogP contribution in [0.15, 0.2) is 35.3 Å². The Morgan fingerprint density at radius 3 is 2.33 bits per heavy atom. The molecule has 1 rings (SSSR count). The number of rotatable bonds is 3. The van der Waals surface area contributed by atoms with Gasteiger partial charge in [0.25, 0.3) is 0 Å². The number of hydrazine groups is 1. The minimum Gasteiger partial charge on any atom is -0.342 e. The van der Waals surface area contributed by atoms with Gasteiger partial charge >= 0.3 is 0 Å². The predicted octanol–water partition coefficient (Wildman–Crippen LogP) is 1.48. The first-order chi connectivity index (χ1) is 7.31. The Hall–Kier alpha value is -1.55. The molecular formula is C11H18N4. The second-order valence-corrected chi connectivity index (χ2v) is 3.09. The van der Waals surface area contributed by atoms with E-state index in [0.29, 0.717) is 5.96 Å². The molecule has 0 aliphatic heterocycles. The first-order valence-corrected chi connectivity index (χ1v) is 5.17. The molecule has 4 heteroatoms. The zero-order chi connectivity index (χ0) is 11.1. The van der Waals surface area contributed by atoms with Crippen molar-refractivity contribution in [2.75, 3.05) is 13.1 Å². The van der Waals surface area contributed by atoms with Crippen LogP contribution in [0.5, 0.6) is 0 Å². The highest BCUT2D eigenvalue weighted by Gasteiger charge is 2.04. The van der Waals surface area contributed by atoms with Crippen LogP contribution in [-0.2, 0) is 0 Å². The maximum absolute atomic E-state index is 5.45. The van der Waals surface area contributed by atoms with Gasteiger partial charge in [-0.05, 0) is 26.0 Å². The lowest BCUT2D eigenvalue weighted by Gasteiger charge is -2.21. The first-order valence-electron chi connectivity index (χ1n) is 5.17. The molecule has 0 amide bonds. The van der Waals surface area contributed by atoms with Gasteiger partial charge in [0.2, 0.25) is 5.96 Å². The summed E-state index contributed by atoms with van der Waals surface area (Å²) in [5.74, 6) is 6.15. The van der Waals surface area contributed by atoms with Crippen LogP contribution in [0.4, 0.5) is 5.69 Å². The topological polar surface area (TPSA) is 53.6 Å². The van der Waals surface area contributed by atoms with E-state index in [0.717, 1.165) is 18.8 Å². The molecule has 0 unspecified atom stereocenters. The standard InChI is InChI=1S/C11H18N4/c1-3-15(4-2)11(14-12)13-10-8-6-5-7-9-10/h5-9H,3-4,12H2,1-2H3,(H,13,14). The molecule has 15 heavy (non-hydrogen) atoms. The second-order valence-electron chi connectivity index (χ2n) is 3.09. The van der Waals surface area contributed by atoms with Crippen molar-refractivity contribution in [3.63, 3.8) is 0 Å². The lowest BCUT2D eigenvalue weighted by atomic mass is 10.3. The van der Waals surface area contributed by atoms with Crippen molar-refractivity contribution in [1.82, 2.24) is 10.3 Å². The Bertz CT molecular complexity index is 304. The third-order valence-corrected chi connectivity index (χ3v) is 2.18.